The fraction of sp³-hybridized carbons (Fsp3) is 0.300. The summed E-state index contributed by atoms with van der Waals surface area (Å²) in [6.07, 6.45) is -1.07. The molecule has 0 saturated carbocycles. The van der Waals surface area contributed by atoms with Crippen molar-refractivity contribution in [2.24, 2.45) is 0 Å². The van der Waals surface area contributed by atoms with Crippen LogP contribution in [0.1, 0.15) is 13.3 Å². The monoisotopic (exact) mass is 231 g/mol. The summed E-state index contributed by atoms with van der Waals surface area (Å²) >= 11 is 0. The van der Waals surface area contributed by atoms with Gasteiger partial charge in [0.2, 0.25) is 0 Å². The average molecular weight is 231 g/mol. The van der Waals surface area contributed by atoms with E-state index in [2.05, 4.69) is 0 Å². The van der Waals surface area contributed by atoms with Gasteiger partial charge in [-0.15, -0.1) is 0 Å². The van der Waals surface area contributed by atoms with Crippen molar-refractivity contribution in [1.82, 2.24) is 0 Å². The SMILES string of the molecule is CCC(Oc1cc(F)c(N)cc1F)C(=O)O. The minimum absolute atomic E-state index is 0.140. The zero-order valence-electron chi connectivity index (χ0n) is 8.54. The van der Waals surface area contributed by atoms with Crippen molar-refractivity contribution >= 4 is 11.7 Å². The van der Waals surface area contributed by atoms with Gasteiger partial charge in [-0.25, -0.2) is 13.6 Å². The maximum Gasteiger partial charge on any atom is 0.344 e. The van der Waals surface area contributed by atoms with Crippen LogP contribution in [0.3, 0.4) is 0 Å². The fourth-order valence-electron chi connectivity index (χ4n) is 1.10. The Kier molecular flexibility index (Phi) is 3.65. The molecule has 3 N–H and O–H groups in total. The molecular formula is C10H11F2NO3. The van der Waals surface area contributed by atoms with Crippen molar-refractivity contribution in [3.8, 4) is 5.75 Å². The Labute approximate surface area is 90.6 Å². The van der Waals surface area contributed by atoms with Gasteiger partial charge in [0.1, 0.15) is 5.82 Å². The van der Waals surface area contributed by atoms with E-state index in [9.17, 15) is 13.6 Å². The Bertz CT molecular complexity index is 409. The normalized spacial score (nSPS) is 12.2. The smallest absolute Gasteiger partial charge is 0.344 e. The number of nitrogen functional groups attached to an aromatic ring is 1. The van der Waals surface area contributed by atoms with Crippen LogP contribution in [0.15, 0.2) is 12.1 Å². The molecule has 0 spiro atoms. The number of carboxylic acid groups (broad SMARTS) is 1. The Morgan fingerprint density at radius 3 is 2.62 bits per heavy atom. The van der Waals surface area contributed by atoms with Crippen molar-refractivity contribution in [2.75, 3.05) is 5.73 Å². The molecule has 1 atom stereocenters. The van der Waals surface area contributed by atoms with Crippen molar-refractivity contribution in [1.29, 1.82) is 0 Å². The number of halogens is 2. The number of carbonyl (C=O) groups is 1. The molecule has 0 fully saturated rings. The van der Waals surface area contributed by atoms with Gasteiger partial charge in [0.25, 0.3) is 0 Å². The first-order chi connectivity index (χ1) is 7.45. The van der Waals surface area contributed by atoms with Crippen LogP contribution in [0.5, 0.6) is 5.75 Å². The van der Waals surface area contributed by atoms with Crippen LogP contribution < -0.4 is 10.5 Å². The molecule has 88 valence electrons. The van der Waals surface area contributed by atoms with Crippen LogP contribution in [-0.2, 0) is 4.79 Å². The Balaban J connectivity index is 2.96. The third-order valence-electron chi connectivity index (χ3n) is 1.97. The molecule has 0 saturated heterocycles. The molecule has 0 aliphatic rings. The van der Waals surface area contributed by atoms with E-state index in [1.807, 2.05) is 0 Å². The first-order valence-corrected chi connectivity index (χ1v) is 4.59. The Hall–Kier alpha value is -1.85. The summed E-state index contributed by atoms with van der Waals surface area (Å²) in [5, 5.41) is 8.68. The average Bonchev–Trinajstić information content (AvgIpc) is 2.21. The maximum atomic E-state index is 13.2. The molecule has 1 aromatic rings. The van der Waals surface area contributed by atoms with Crippen molar-refractivity contribution in [3.05, 3.63) is 23.8 Å². The zero-order valence-corrected chi connectivity index (χ0v) is 8.54. The van der Waals surface area contributed by atoms with Gasteiger partial charge in [-0.2, -0.15) is 0 Å². The highest BCUT2D eigenvalue weighted by Gasteiger charge is 2.19. The second-order valence-electron chi connectivity index (χ2n) is 3.16. The number of benzene rings is 1. The number of aliphatic carboxylic acids is 1. The number of hydrogen-bond acceptors (Lipinski definition) is 3. The summed E-state index contributed by atoms with van der Waals surface area (Å²) in [6.45, 7) is 1.56. The molecule has 0 aliphatic carbocycles. The van der Waals surface area contributed by atoms with Crippen LogP contribution in [0.2, 0.25) is 0 Å². The second kappa shape index (κ2) is 4.78. The molecule has 0 amide bonds. The molecule has 0 heterocycles. The van der Waals surface area contributed by atoms with Gasteiger partial charge in [0, 0.05) is 12.1 Å². The summed E-state index contributed by atoms with van der Waals surface area (Å²) in [5.41, 5.74) is 4.77. The quantitative estimate of drug-likeness (QED) is 0.775. The molecule has 4 nitrogen and oxygen atoms in total. The third-order valence-corrected chi connectivity index (χ3v) is 1.97. The van der Waals surface area contributed by atoms with E-state index in [0.717, 1.165) is 12.1 Å². The Morgan fingerprint density at radius 1 is 1.50 bits per heavy atom. The predicted octanol–water partition coefficient (Wildman–Crippen LogP) is 1.79. The standard InChI is InChI=1S/C10H11F2NO3/c1-2-8(10(14)15)16-9-4-5(11)7(13)3-6(9)12/h3-4,8H,2,13H2,1H3,(H,14,15). The highest BCUT2D eigenvalue weighted by molar-refractivity contribution is 5.72. The zero-order chi connectivity index (χ0) is 12.3. The van der Waals surface area contributed by atoms with Gasteiger partial charge < -0.3 is 15.6 Å². The molecule has 16 heavy (non-hydrogen) atoms. The number of rotatable bonds is 4. The van der Waals surface area contributed by atoms with E-state index in [1.54, 1.807) is 6.92 Å². The summed E-state index contributed by atoms with van der Waals surface area (Å²) in [7, 11) is 0. The summed E-state index contributed by atoms with van der Waals surface area (Å²) in [4.78, 5) is 10.6. The van der Waals surface area contributed by atoms with Crippen molar-refractivity contribution in [3.63, 3.8) is 0 Å². The third kappa shape index (κ3) is 2.59. The van der Waals surface area contributed by atoms with Gasteiger partial charge in [-0.3, -0.25) is 0 Å². The van der Waals surface area contributed by atoms with Gasteiger partial charge in [0.05, 0.1) is 5.69 Å². The van der Waals surface area contributed by atoms with E-state index >= 15 is 0 Å². The summed E-state index contributed by atoms with van der Waals surface area (Å²) < 4.78 is 31.0. The van der Waals surface area contributed by atoms with Crippen LogP contribution >= 0.6 is 0 Å². The first-order valence-electron chi connectivity index (χ1n) is 4.59. The number of carboxylic acids is 1. The molecular weight excluding hydrogens is 220 g/mol. The van der Waals surface area contributed by atoms with Gasteiger partial charge in [-0.1, -0.05) is 6.92 Å². The molecule has 0 bridgehead atoms. The van der Waals surface area contributed by atoms with Crippen molar-refractivity contribution in [2.45, 2.75) is 19.4 Å². The van der Waals surface area contributed by atoms with E-state index < -0.39 is 29.5 Å². The molecule has 1 unspecified atom stereocenters. The van der Waals surface area contributed by atoms with Crippen LogP contribution in [-0.4, -0.2) is 17.2 Å². The lowest BCUT2D eigenvalue weighted by molar-refractivity contribution is -0.145. The predicted molar refractivity (Wildman–Crippen MR) is 53.1 cm³/mol. The molecule has 0 radical (unpaired) electrons. The summed E-state index contributed by atoms with van der Waals surface area (Å²) in [5.74, 6) is -3.43. The summed E-state index contributed by atoms with van der Waals surface area (Å²) in [6, 6.07) is 1.48. The minimum atomic E-state index is -1.24. The largest absolute Gasteiger partial charge is 0.479 e. The lowest BCUT2D eigenvalue weighted by Gasteiger charge is -2.14. The topological polar surface area (TPSA) is 72.5 Å². The Morgan fingerprint density at radius 2 is 2.12 bits per heavy atom. The van der Waals surface area contributed by atoms with Crippen LogP contribution in [0.4, 0.5) is 14.5 Å². The fourth-order valence-corrected chi connectivity index (χ4v) is 1.10. The van der Waals surface area contributed by atoms with Crippen molar-refractivity contribution < 1.29 is 23.4 Å². The number of nitrogens with two attached hydrogens (primary N) is 1. The first kappa shape index (κ1) is 12.2. The molecule has 1 aromatic carbocycles. The number of hydrogen-bond donors (Lipinski definition) is 2. The number of anilines is 1. The molecule has 0 aromatic heterocycles. The van der Waals surface area contributed by atoms with Crippen LogP contribution in [0.25, 0.3) is 0 Å². The van der Waals surface area contributed by atoms with Crippen LogP contribution in [0, 0.1) is 11.6 Å². The minimum Gasteiger partial charge on any atom is -0.479 e. The lowest BCUT2D eigenvalue weighted by Crippen LogP contribution is -2.26. The number of ether oxygens (including phenoxy) is 1. The molecule has 6 heteroatoms. The second-order valence-corrected chi connectivity index (χ2v) is 3.16. The van der Waals surface area contributed by atoms with Gasteiger partial charge in [0.15, 0.2) is 17.7 Å². The van der Waals surface area contributed by atoms with E-state index in [-0.39, 0.29) is 12.1 Å². The van der Waals surface area contributed by atoms with Gasteiger partial charge >= 0.3 is 5.97 Å². The highest BCUT2D eigenvalue weighted by Crippen LogP contribution is 2.24. The lowest BCUT2D eigenvalue weighted by atomic mass is 10.2. The van der Waals surface area contributed by atoms with E-state index in [4.69, 9.17) is 15.6 Å². The maximum absolute atomic E-state index is 13.2. The molecule has 0 aliphatic heterocycles. The molecule has 1 rings (SSSR count). The van der Waals surface area contributed by atoms with Gasteiger partial charge in [-0.05, 0) is 6.42 Å². The van der Waals surface area contributed by atoms with E-state index in [1.165, 1.54) is 0 Å². The highest BCUT2D eigenvalue weighted by atomic mass is 19.1. The van der Waals surface area contributed by atoms with E-state index in [0.29, 0.717) is 0 Å².